The van der Waals surface area contributed by atoms with Crippen LogP contribution < -0.4 is 4.90 Å². The summed E-state index contributed by atoms with van der Waals surface area (Å²) in [4.78, 5) is 53.4. The molecule has 0 bridgehead atoms. The largest absolute Gasteiger partial charge is 0.292 e. The van der Waals surface area contributed by atoms with Crippen LogP contribution in [0.2, 0.25) is 0 Å². The molecule has 10 heteroatoms. The van der Waals surface area contributed by atoms with E-state index in [0.717, 1.165) is 28.2 Å². The van der Waals surface area contributed by atoms with Crippen LogP contribution in [0.3, 0.4) is 0 Å². The molecule has 2 fully saturated rings. The minimum absolute atomic E-state index is 0.116. The number of carbonyl (C=O) groups is 3. The number of nitrogens with zero attached hydrogens (tertiary/aromatic N) is 4. The molecule has 0 radical (unpaired) electrons. The molecule has 6 rings (SSSR count). The molecule has 3 aliphatic heterocycles. The fraction of sp³-hybridized carbons (Fsp3) is 0.185. The fourth-order valence-electron chi connectivity index (χ4n) is 5.64. The molecule has 3 aromatic carbocycles. The highest BCUT2D eigenvalue weighted by molar-refractivity contribution is 6.25. The number of Topliss-reactive ketones (excluding diaryl/α,β-unsaturated/α-hetero) is 1. The lowest BCUT2D eigenvalue weighted by atomic mass is 9.83. The smallest absolute Gasteiger partial charge is 0.271 e. The summed E-state index contributed by atoms with van der Waals surface area (Å²) in [5.41, 5.74) is 2.07. The fourth-order valence-corrected chi connectivity index (χ4v) is 5.64. The number of hydrazone groups is 1. The van der Waals surface area contributed by atoms with E-state index in [0.29, 0.717) is 5.56 Å². The zero-order chi connectivity index (χ0) is 26.0. The van der Waals surface area contributed by atoms with Crippen molar-refractivity contribution in [2.45, 2.75) is 19.0 Å². The van der Waals surface area contributed by atoms with E-state index in [4.69, 9.17) is 0 Å². The van der Waals surface area contributed by atoms with Crippen molar-refractivity contribution in [3.8, 4) is 0 Å². The average molecular weight is 498 g/mol. The van der Waals surface area contributed by atoms with Gasteiger partial charge in [-0.05, 0) is 47.9 Å². The summed E-state index contributed by atoms with van der Waals surface area (Å²) in [5.74, 6) is -4.18. The van der Waals surface area contributed by atoms with Crippen LogP contribution in [0.25, 0.3) is 0 Å². The van der Waals surface area contributed by atoms with Gasteiger partial charge in [0, 0.05) is 17.7 Å². The van der Waals surface area contributed by atoms with Gasteiger partial charge in [0.25, 0.3) is 5.69 Å². The van der Waals surface area contributed by atoms with E-state index in [2.05, 4.69) is 5.10 Å². The highest BCUT2D eigenvalue weighted by Gasteiger charge is 2.65. The number of amides is 2. The summed E-state index contributed by atoms with van der Waals surface area (Å²) in [6.45, 7) is 1.65. The van der Waals surface area contributed by atoms with E-state index in [1.165, 1.54) is 35.3 Å². The Morgan fingerprint density at radius 2 is 1.70 bits per heavy atom. The van der Waals surface area contributed by atoms with Crippen LogP contribution in [-0.2, 0) is 9.59 Å². The Hall–Kier alpha value is -4.73. The summed E-state index contributed by atoms with van der Waals surface area (Å²) in [5, 5.41) is 17.4. The standard InChI is InChI=1S/C27H19FN4O5/c1-14-6-11-18(32(36)37)12-20(14)30-26(34)21-22(27(30)35)24(25(33)15-7-9-17(28)10-8-15)31-23(21)19-5-3-2-4-16(19)13-29-31/h2-13,21-24H,1H3/t21-,22-,23-,24+/m1/s1. The number of anilines is 1. The summed E-state index contributed by atoms with van der Waals surface area (Å²) in [6.07, 6.45) is 1.59. The number of ketones is 1. The van der Waals surface area contributed by atoms with E-state index in [9.17, 15) is 28.9 Å². The van der Waals surface area contributed by atoms with Gasteiger partial charge in [0.15, 0.2) is 5.78 Å². The number of fused-ring (bicyclic) bond motifs is 5. The van der Waals surface area contributed by atoms with Gasteiger partial charge >= 0.3 is 0 Å². The highest BCUT2D eigenvalue weighted by atomic mass is 19.1. The first-order chi connectivity index (χ1) is 17.8. The average Bonchev–Trinajstić information content (AvgIpc) is 3.37. The Kier molecular flexibility index (Phi) is 5.01. The van der Waals surface area contributed by atoms with Gasteiger partial charge in [0.1, 0.15) is 11.9 Å². The Morgan fingerprint density at radius 3 is 2.43 bits per heavy atom. The topological polar surface area (TPSA) is 113 Å². The van der Waals surface area contributed by atoms with E-state index in [1.54, 1.807) is 13.1 Å². The molecule has 4 atom stereocenters. The molecule has 0 aromatic heterocycles. The SMILES string of the molecule is Cc1ccc([N+](=O)[O-])cc1N1C(=O)[C@@H]2[C@@H](C1=O)[C@H]1c3ccccc3C=NN1[C@@H]2C(=O)c1ccc(F)cc1. The molecule has 9 nitrogen and oxygen atoms in total. The van der Waals surface area contributed by atoms with Gasteiger partial charge in [-0.1, -0.05) is 30.3 Å². The molecule has 0 N–H and O–H groups in total. The van der Waals surface area contributed by atoms with Gasteiger partial charge in [0.05, 0.1) is 34.7 Å². The van der Waals surface area contributed by atoms with Crippen molar-refractivity contribution in [3.05, 3.63) is 105 Å². The number of rotatable bonds is 4. The second kappa shape index (κ2) is 8.16. The molecule has 3 aliphatic rings. The molecule has 3 heterocycles. The number of benzene rings is 3. The second-order valence-electron chi connectivity index (χ2n) is 9.31. The van der Waals surface area contributed by atoms with E-state index in [1.807, 2.05) is 24.3 Å². The number of halogens is 1. The third-order valence-electron chi connectivity index (χ3n) is 7.33. The van der Waals surface area contributed by atoms with Crippen molar-refractivity contribution in [1.29, 1.82) is 0 Å². The maximum absolute atomic E-state index is 13.9. The van der Waals surface area contributed by atoms with Crippen LogP contribution in [0.5, 0.6) is 0 Å². The summed E-state index contributed by atoms with van der Waals surface area (Å²) in [7, 11) is 0. The Bertz CT molecular complexity index is 1540. The van der Waals surface area contributed by atoms with Crippen LogP contribution in [0.1, 0.15) is 33.1 Å². The molecule has 0 aliphatic carbocycles. The molecule has 0 unspecified atom stereocenters. The first-order valence-electron chi connectivity index (χ1n) is 11.6. The molecule has 2 amide bonds. The monoisotopic (exact) mass is 498 g/mol. The molecular weight excluding hydrogens is 479 g/mol. The number of non-ortho nitro benzene ring substituents is 1. The zero-order valence-corrected chi connectivity index (χ0v) is 19.4. The molecule has 0 spiro atoms. The van der Waals surface area contributed by atoms with Crippen LogP contribution in [-0.4, -0.2) is 39.8 Å². The van der Waals surface area contributed by atoms with Crippen molar-refractivity contribution in [2.75, 3.05) is 4.90 Å². The van der Waals surface area contributed by atoms with Crippen molar-refractivity contribution in [2.24, 2.45) is 16.9 Å². The van der Waals surface area contributed by atoms with Gasteiger partial charge in [-0.15, -0.1) is 0 Å². The van der Waals surface area contributed by atoms with Crippen LogP contribution in [0.4, 0.5) is 15.8 Å². The predicted molar refractivity (Wildman–Crippen MR) is 130 cm³/mol. The number of hydrogen-bond acceptors (Lipinski definition) is 7. The number of imide groups is 1. The highest BCUT2D eigenvalue weighted by Crippen LogP contribution is 2.53. The van der Waals surface area contributed by atoms with E-state index in [-0.39, 0.29) is 16.9 Å². The van der Waals surface area contributed by atoms with E-state index < -0.39 is 52.3 Å². The predicted octanol–water partition coefficient (Wildman–Crippen LogP) is 3.80. The van der Waals surface area contributed by atoms with Gasteiger partial charge in [-0.25, -0.2) is 9.29 Å². The first kappa shape index (κ1) is 22.7. The van der Waals surface area contributed by atoms with Crippen LogP contribution in [0, 0.1) is 34.7 Å². The van der Waals surface area contributed by atoms with Crippen LogP contribution >= 0.6 is 0 Å². The number of nitro groups is 1. The van der Waals surface area contributed by atoms with Crippen molar-refractivity contribution in [3.63, 3.8) is 0 Å². The lowest BCUT2D eigenvalue weighted by Gasteiger charge is -2.34. The van der Waals surface area contributed by atoms with Crippen molar-refractivity contribution in [1.82, 2.24) is 5.01 Å². The molecular formula is C27H19FN4O5. The number of carbonyl (C=O) groups excluding carboxylic acids is 3. The lowest BCUT2D eigenvalue weighted by molar-refractivity contribution is -0.384. The maximum Gasteiger partial charge on any atom is 0.271 e. The summed E-state index contributed by atoms with van der Waals surface area (Å²) in [6, 6.07) is 14.5. The minimum atomic E-state index is -1.12. The summed E-state index contributed by atoms with van der Waals surface area (Å²) >= 11 is 0. The van der Waals surface area contributed by atoms with Crippen LogP contribution in [0.15, 0.2) is 71.8 Å². The number of hydrogen-bond donors (Lipinski definition) is 0. The summed E-state index contributed by atoms with van der Waals surface area (Å²) < 4.78 is 13.6. The van der Waals surface area contributed by atoms with E-state index >= 15 is 0 Å². The number of nitro benzene ring substituents is 1. The zero-order valence-electron chi connectivity index (χ0n) is 19.4. The van der Waals surface area contributed by atoms with Crippen molar-refractivity contribution < 1.29 is 23.7 Å². The third-order valence-corrected chi connectivity index (χ3v) is 7.33. The first-order valence-corrected chi connectivity index (χ1v) is 11.6. The van der Waals surface area contributed by atoms with Crippen molar-refractivity contribution >= 4 is 35.2 Å². The quantitative estimate of drug-likeness (QED) is 0.234. The Morgan fingerprint density at radius 1 is 1.00 bits per heavy atom. The molecule has 3 aromatic rings. The van der Waals surface area contributed by atoms with Gasteiger partial charge < -0.3 is 0 Å². The molecule has 0 saturated carbocycles. The maximum atomic E-state index is 13.9. The van der Waals surface area contributed by atoms with Gasteiger partial charge in [0.2, 0.25) is 11.8 Å². The molecule has 37 heavy (non-hydrogen) atoms. The second-order valence-corrected chi connectivity index (χ2v) is 9.31. The third kappa shape index (κ3) is 3.29. The van der Waals surface area contributed by atoms with Gasteiger partial charge in [-0.2, -0.15) is 5.10 Å². The van der Waals surface area contributed by atoms with Gasteiger partial charge in [-0.3, -0.25) is 29.5 Å². The molecule has 2 saturated heterocycles. The Balaban J connectivity index is 1.51. The molecule has 184 valence electrons. The number of aryl methyl sites for hydroxylation is 1. The normalized spacial score (nSPS) is 23.6. The Labute approximate surface area is 210 Å². The minimum Gasteiger partial charge on any atom is -0.292 e. The lowest BCUT2D eigenvalue weighted by Crippen LogP contribution is -2.44.